The molecule has 0 heterocycles. The molecular weight excluding hydrogens is 138 g/mol. The fourth-order valence-corrected chi connectivity index (χ4v) is 0. The Kier molecular flexibility index (Phi) is 2.75. The van der Waals surface area contributed by atoms with Gasteiger partial charge in [0.25, 0.3) is 0 Å². The Hall–Kier alpha value is 0.964. The summed E-state index contributed by atoms with van der Waals surface area (Å²) in [7, 11) is 9.26. The first-order valence-corrected chi connectivity index (χ1v) is 4.93. The molecule has 0 aliphatic carbocycles. The molecule has 0 aliphatic heterocycles. The maximum atomic E-state index is 9.20. The molecule has 0 saturated carbocycles. The number of hydrogen-bond acceptors (Lipinski definition) is 1. The van der Waals surface area contributed by atoms with Gasteiger partial charge < -0.3 is 0 Å². The molecule has 0 atom stereocenters. The summed E-state index contributed by atoms with van der Waals surface area (Å²) in [6, 6.07) is 0. The summed E-state index contributed by atoms with van der Waals surface area (Å²) < 4.78 is 9.20. The van der Waals surface area contributed by atoms with Crippen LogP contribution in [0.2, 0.25) is 0 Å². The third-order valence-electron chi connectivity index (χ3n) is 0. The summed E-state index contributed by atoms with van der Waals surface area (Å²) in [5.41, 5.74) is 0. The van der Waals surface area contributed by atoms with E-state index in [2.05, 4.69) is 19.7 Å². The van der Waals surface area contributed by atoms with Crippen LogP contribution in [0.15, 0.2) is 0 Å². The molecule has 0 saturated heterocycles. The van der Waals surface area contributed by atoms with Gasteiger partial charge in [-0.25, -0.2) is 0 Å². The van der Waals surface area contributed by atoms with Crippen LogP contribution >= 0.6 is 19.7 Å². The Labute approximate surface area is 36.9 Å². The fourth-order valence-electron chi connectivity index (χ4n) is 0. The second-order valence-electron chi connectivity index (χ2n) is 0.202. The predicted octanol–water partition coefficient (Wildman–Crippen LogP) is 1.26. The van der Waals surface area contributed by atoms with Crippen LogP contribution in [0.3, 0.4) is 0 Å². The molecule has 1 nitrogen and oxygen atoms in total. The van der Waals surface area contributed by atoms with Crippen molar-refractivity contribution in [2.75, 3.05) is 0 Å². The van der Waals surface area contributed by atoms with Gasteiger partial charge in [-0.2, -0.15) is 0 Å². The fraction of sp³-hybridized carbons (Fsp3) is 0. The van der Waals surface area contributed by atoms with E-state index in [4.69, 9.17) is 0 Å². The molecule has 0 N–H and O–H groups in total. The summed E-state index contributed by atoms with van der Waals surface area (Å²) in [4.78, 5) is 0. The minimum absolute atomic E-state index is 2.49. The van der Waals surface area contributed by atoms with Gasteiger partial charge in [-0.05, 0) is 0 Å². The second kappa shape index (κ2) is 2.22. The first-order valence-electron chi connectivity index (χ1n) is 0.521. The third kappa shape index (κ3) is 12.3. The molecule has 0 aromatic heterocycles. The molecule has 4 heteroatoms. The van der Waals surface area contributed by atoms with E-state index in [9.17, 15) is 3.67 Å². The van der Waals surface area contributed by atoms with Gasteiger partial charge in [-0.1, -0.05) is 0 Å². The molecule has 0 radical (unpaired) electrons. The summed E-state index contributed by atoms with van der Waals surface area (Å²) in [5, 5.41) is 0. The molecule has 0 aromatic rings. The van der Waals surface area contributed by atoms with Crippen molar-refractivity contribution in [2.45, 2.75) is 0 Å². The zero-order valence-corrected chi connectivity index (χ0v) is 4.52. The van der Waals surface area contributed by atoms with Crippen LogP contribution in [0.5, 0.6) is 0 Å². The van der Waals surface area contributed by atoms with Gasteiger partial charge >= 0.3 is 36.6 Å². The average molecular weight is 138 g/mol. The third-order valence-corrected chi connectivity index (χ3v) is 0. The van der Waals surface area contributed by atoms with E-state index in [0.717, 1.165) is 0 Å². The molecular formula is Cl2OV. The molecule has 0 aromatic carbocycles. The summed E-state index contributed by atoms with van der Waals surface area (Å²) in [5.74, 6) is 0. The topological polar surface area (TPSA) is 17.1 Å². The standard InChI is InChI=1S/2ClH.O.V/h2*1H;;/q;;;+2/p-2. The van der Waals surface area contributed by atoms with Crippen molar-refractivity contribution in [3.8, 4) is 0 Å². The molecule has 0 rings (SSSR count). The van der Waals surface area contributed by atoms with E-state index in [1.807, 2.05) is 0 Å². The van der Waals surface area contributed by atoms with Crippen molar-refractivity contribution in [2.24, 2.45) is 0 Å². The minimum atomic E-state index is -2.49. The van der Waals surface area contributed by atoms with Gasteiger partial charge in [0.1, 0.15) is 0 Å². The Morgan fingerprint density at radius 2 is 1.50 bits per heavy atom. The van der Waals surface area contributed by atoms with Crippen LogP contribution in [-0.2, 0) is 16.9 Å². The predicted molar refractivity (Wildman–Crippen MR) is 12.4 cm³/mol. The van der Waals surface area contributed by atoms with Crippen molar-refractivity contribution in [1.82, 2.24) is 0 Å². The van der Waals surface area contributed by atoms with E-state index in [1.54, 1.807) is 0 Å². The molecule has 25 valence electrons. The maximum absolute atomic E-state index is 9.20. The van der Waals surface area contributed by atoms with Crippen molar-refractivity contribution >= 4 is 19.7 Å². The van der Waals surface area contributed by atoms with Gasteiger partial charge in [-0.15, -0.1) is 0 Å². The van der Waals surface area contributed by atoms with Crippen molar-refractivity contribution in [3.63, 3.8) is 0 Å². The average Bonchev–Trinajstić information content (AvgIpc) is 0.811. The quantitative estimate of drug-likeness (QED) is 0.492. The molecule has 0 aliphatic rings. The summed E-state index contributed by atoms with van der Waals surface area (Å²) in [6.07, 6.45) is 0. The van der Waals surface area contributed by atoms with E-state index in [0.29, 0.717) is 0 Å². The van der Waals surface area contributed by atoms with Gasteiger partial charge in [0, 0.05) is 0 Å². The molecule has 0 fully saturated rings. The summed E-state index contributed by atoms with van der Waals surface area (Å²) >= 11 is -2.49. The molecule has 0 unspecified atom stereocenters. The monoisotopic (exact) mass is 137 g/mol. The van der Waals surface area contributed by atoms with Crippen LogP contribution in [-0.4, -0.2) is 0 Å². The first-order chi connectivity index (χ1) is 1.73. The van der Waals surface area contributed by atoms with E-state index >= 15 is 0 Å². The van der Waals surface area contributed by atoms with Crippen LogP contribution in [0.25, 0.3) is 0 Å². The zero-order valence-electron chi connectivity index (χ0n) is 1.61. The van der Waals surface area contributed by atoms with Gasteiger partial charge in [0.2, 0.25) is 0 Å². The van der Waals surface area contributed by atoms with Gasteiger partial charge in [0.15, 0.2) is 0 Å². The molecule has 4 heavy (non-hydrogen) atoms. The zero-order chi connectivity index (χ0) is 3.58. The van der Waals surface area contributed by atoms with Crippen molar-refractivity contribution < 1.29 is 16.9 Å². The molecule has 0 spiro atoms. The van der Waals surface area contributed by atoms with Gasteiger partial charge in [0.05, 0.1) is 0 Å². The Bertz CT molecular complexity index is 29.0. The van der Waals surface area contributed by atoms with E-state index in [1.165, 1.54) is 0 Å². The Morgan fingerprint density at radius 1 is 1.50 bits per heavy atom. The number of halogens is 2. The van der Waals surface area contributed by atoms with Crippen molar-refractivity contribution in [1.29, 1.82) is 0 Å². The summed E-state index contributed by atoms with van der Waals surface area (Å²) in [6.45, 7) is 0. The van der Waals surface area contributed by atoms with Crippen LogP contribution in [0, 0.1) is 0 Å². The molecule has 0 amide bonds. The van der Waals surface area contributed by atoms with Gasteiger partial charge in [-0.3, -0.25) is 0 Å². The normalized spacial score (nSPS) is 6.50. The first kappa shape index (κ1) is 4.96. The number of rotatable bonds is 0. The van der Waals surface area contributed by atoms with Crippen LogP contribution in [0.4, 0.5) is 0 Å². The van der Waals surface area contributed by atoms with Crippen molar-refractivity contribution in [3.05, 3.63) is 0 Å². The Balaban J connectivity index is 2.80. The second-order valence-corrected chi connectivity index (χ2v) is 4.08. The SMILES string of the molecule is [O]=[V]([Cl])[Cl]. The van der Waals surface area contributed by atoms with E-state index in [-0.39, 0.29) is 0 Å². The number of hydrogen-bond donors (Lipinski definition) is 0. The van der Waals surface area contributed by atoms with E-state index < -0.39 is 13.2 Å². The Morgan fingerprint density at radius 3 is 1.50 bits per heavy atom. The van der Waals surface area contributed by atoms with Crippen LogP contribution < -0.4 is 0 Å². The molecule has 0 bridgehead atoms. The van der Waals surface area contributed by atoms with Crippen LogP contribution in [0.1, 0.15) is 0 Å².